The highest BCUT2D eigenvalue weighted by Gasteiger charge is 2.32. The van der Waals surface area contributed by atoms with Crippen molar-refractivity contribution in [1.29, 1.82) is 0 Å². The van der Waals surface area contributed by atoms with Crippen molar-refractivity contribution in [2.24, 2.45) is 17.6 Å². The Balaban J connectivity index is 1.28. The molecule has 13 nitrogen and oxygen atoms in total. The number of urea groups is 1. The van der Waals surface area contributed by atoms with E-state index in [-0.39, 0.29) is 68.3 Å². The van der Waals surface area contributed by atoms with Gasteiger partial charge in [-0.05, 0) is 71.4 Å². The number of primary amides is 1. The lowest BCUT2D eigenvalue weighted by atomic mass is 9.86. The number of fused-ring (bicyclic) bond motifs is 3. The smallest absolute Gasteiger partial charge is 0.407 e. The van der Waals surface area contributed by atoms with Gasteiger partial charge in [0.25, 0.3) is 0 Å². The number of amides is 5. The number of benzene rings is 3. The first kappa shape index (κ1) is 43.2. The van der Waals surface area contributed by atoms with Crippen LogP contribution in [0.3, 0.4) is 0 Å². The minimum atomic E-state index is -0.888. The van der Waals surface area contributed by atoms with Crippen molar-refractivity contribution in [3.05, 3.63) is 95.1 Å². The van der Waals surface area contributed by atoms with Crippen molar-refractivity contribution in [2.45, 2.75) is 90.3 Å². The highest BCUT2D eigenvalue weighted by molar-refractivity contribution is 5.94. The second-order valence-corrected chi connectivity index (χ2v) is 14.6. The molecule has 0 aliphatic heterocycles. The monoisotopic (exact) mass is 769 g/mol. The number of ketones is 2. The Morgan fingerprint density at radius 3 is 1.89 bits per heavy atom. The van der Waals surface area contributed by atoms with Crippen LogP contribution in [0.5, 0.6) is 0 Å². The van der Waals surface area contributed by atoms with Crippen LogP contribution in [0.25, 0.3) is 11.1 Å². The average molecular weight is 770 g/mol. The van der Waals surface area contributed by atoms with Crippen LogP contribution in [0.15, 0.2) is 72.8 Å². The maximum atomic E-state index is 13.7. The molecule has 5 amide bonds. The second kappa shape index (κ2) is 21.5. The number of hydrogen-bond acceptors (Lipinski definition) is 8. The Labute approximate surface area is 328 Å². The number of nitrogens with two attached hydrogens (primary N) is 1. The van der Waals surface area contributed by atoms with Crippen molar-refractivity contribution in [2.75, 3.05) is 19.7 Å². The van der Waals surface area contributed by atoms with E-state index in [1.807, 2.05) is 38.1 Å². The molecule has 13 heteroatoms. The van der Waals surface area contributed by atoms with E-state index in [2.05, 4.69) is 45.5 Å². The Morgan fingerprint density at radius 2 is 1.30 bits per heavy atom. The van der Waals surface area contributed by atoms with E-state index in [1.165, 1.54) is 6.92 Å². The maximum Gasteiger partial charge on any atom is 0.407 e. The summed E-state index contributed by atoms with van der Waals surface area (Å²) in [7, 11) is 0. The maximum absolute atomic E-state index is 13.7. The van der Waals surface area contributed by atoms with Crippen LogP contribution in [0.2, 0.25) is 0 Å². The lowest BCUT2D eigenvalue weighted by Gasteiger charge is -2.26. The van der Waals surface area contributed by atoms with E-state index in [9.17, 15) is 33.9 Å². The summed E-state index contributed by atoms with van der Waals surface area (Å²) < 4.78 is 5.61. The molecule has 56 heavy (non-hydrogen) atoms. The molecule has 0 heterocycles. The van der Waals surface area contributed by atoms with Crippen LogP contribution in [0.1, 0.15) is 87.5 Å². The molecule has 0 saturated heterocycles. The largest absolute Gasteiger partial charge is 0.449 e. The molecule has 300 valence electrons. The van der Waals surface area contributed by atoms with Crippen molar-refractivity contribution < 1.29 is 38.6 Å². The van der Waals surface area contributed by atoms with Crippen molar-refractivity contribution >= 4 is 35.5 Å². The number of alkyl carbamates (subject to hydrolysis) is 1. The number of aliphatic hydroxyl groups excluding tert-OH is 1. The normalized spacial score (nSPS) is 13.4. The Hall–Kier alpha value is -5.56. The number of nitrogens with one attached hydrogen (secondary N) is 4. The summed E-state index contributed by atoms with van der Waals surface area (Å²) in [6.07, 6.45) is 1.29. The molecule has 0 aromatic heterocycles. The van der Waals surface area contributed by atoms with E-state index in [0.29, 0.717) is 43.4 Å². The van der Waals surface area contributed by atoms with Crippen molar-refractivity contribution in [3.8, 4) is 11.1 Å². The number of aliphatic hydroxyl groups is 1. The molecule has 7 N–H and O–H groups in total. The van der Waals surface area contributed by atoms with Gasteiger partial charge >= 0.3 is 12.1 Å². The molecular formula is C43H55N5O8. The summed E-state index contributed by atoms with van der Waals surface area (Å²) in [5.74, 6) is -2.50. The van der Waals surface area contributed by atoms with E-state index >= 15 is 0 Å². The van der Waals surface area contributed by atoms with Crippen LogP contribution >= 0.6 is 0 Å². The van der Waals surface area contributed by atoms with Gasteiger partial charge in [0.05, 0.1) is 18.7 Å². The molecule has 3 aromatic carbocycles. The third kappa shape index (κ3) is 12.8. The Kier molecular flexibility index (Phi) is 16.6. The topological polar surface area (TPSA) is 206 Å². The van der Waals surface area contributed by atoms with Crippen LogP contribution < -0.4 is 27.0 Å². The van der Waals surface area contributed by atoms with Crippen LogP contribution in [-0.2, 0) is 36.9 Å². The first-order valence-corrected chi connectivity index (χ1v) is 19.3. The molecule has 0 spiro atoms. The fraction of sp³-hybridized carbons (Fsp3) is 0.442. The molecule has 3 aromatic rings. The molecular weight excluding hydrogens is 714 g/mol. The number of unbranched alkanes of at least 4 members (excludes halogenated alkanes) is 1. The summed E-state index contributed by atoms with van der Waals surface area (Å²) in [5, 5.41) is 20.2. The SMILES string of the molecule is CC(=O)N[C@@H](CCCCNC(=O)OCC1c2ccccc2-c2ccccc21)C(=O)C[C@H](C(=O)N[C@@H](CCCNC(N)=O)C(=O)Cc1ccc(CO)cc1)C(C)C. The molecule has 3 atom stereocenters. The number of carbonyl (C=O) groups is 6. The van der Waals surface area contributed by atoms with Crippen molar-refractivity contribution in [3.63, 3.8) is 0 Å². The standard InChI is InChI=1S/C43H55N5O8/c1-27(2)35(41(53)48-38(16-10-22-45-42(44)54)39(51)23-29-17-19-30(25-49)20-18-29)24-40(52)37(47-28(3)50)15-8-9-21-46-43(55)56-26-36-33-13-6-4-11-31(33)32-12-5-7-14-34(32)36/h4-7,11-14,17-20,27,35-38,49H,8-10,15-16,21-26H2,1-3H3,(H,46,55)(H,47,50)(H,48,53)(H3,44,45,54)/t35-,37-,38-/m0/s1. The molecule has 0 radical (unpaired) electrons. The summed E-state index contributed by atoms with van der Waals surface area (Å²) in [5.41, 5.74) is 11.1. The zero-order valence-corrected chi connectivity index (χ0v) is 32.5. The fourth-order valence-electron chi connectivity index (χ4n) is 7.06. The molecule has 0 unspecified atom stereocenters. The van der Waals surface area contributed by atoms with Crippen LogP contribution in [-0.4, -0.2) is 72.4 Å². The van der Waals surface area contributed by atoms with Gasteiger partial charge in [-0.2, -0.15) is 0 Å². The summed E-state index contributed by atoms with van der Waals surface area (Å²) in [6, 6.07) is 20.7. The summed E-state index contributed by atoms with van der Waals surface area (Å²) in [6.45, 7) is 5.55. The van der Waals surface area contributed by atoms with E-state index < -0.39 is 36.0 Å². The van der Waals surface area contributed by atoms with Gasteiger partial charge in [0.1, 0.15) is 6.61 Å². The molecule has 4 rings (SSSR count). The predicted molar refractivity (Wildman–Crippen MR) is 212 cm³/mol. The molecule has 0 saturated carbocycles. The van der Waals surface area contributed by atoms with Gasteiger partial charge in [-0.25, -0.2) is 9.59 Å². The second-order valence-electron chi connectivity index (χ2n) is 14.6. The van der Waals surface area contributed by atoms with Gasteiger partial charge in [0.15, 0.2) is 11.6 Å². The molecule has 0 bridgehead atoms. The lowest BCUT2D eigenvalue weighted by Crippen LogP contribution is -2.47. The number of rotatable bonds is 22. The van der Waals surface area contributed by atoms with E-state index in [1.54, 1.807) is 24.3 Å². The van der Waals surface area contributed by atoms with Gasteiger partial charge in [0, 0.05) is 44.7 Å². The zero-order chi connectivity index (χ0) is 40.6. The summed E-state index contributed by atoms with van der Waals surface area (Å²) in [4.78, 5) is 76.7. The third-order valence-corrected chi connectivity index (χ3v) is 10.1. The van der Waals surface area contributed by atoms with Crippen LogP contribution in [0, 0.1) is 11.8 Å². The highest BCUT2D eigenvalue weighted by atomic mass is 16.5. The van der Waals surface area contributed by atoms with Crippen molar-refractivity contribution in [1.82, 2.24) is 21.3 Å². The van der Waals surface area contributed by atoms with Gasteiger partial charge in [0.2, 0.25) is 11.8 Å². The highest BCUT2D eigenvalue weighted by Crippen LogP contribution is 2.44. The molecule has 1 aliphatic carbocycles. The number of hydrogen-bond donors (Lipinski definition) is 6. The number of Topliss-reactive ketones (excluding diaryl/α,β-unsaturated/α-hetero) is 2. The quantitative estimate of drug-likeness (QED) is 0.0791. The fourth-order valence-corrected chi connectivity index (χ4v) is 7.06. The summed E-state index contributed by atoms with van der Waals surface area (Å²) >= 11 is 0. The number of carbonyl (C=O) groups excluding carboxylic acids is 6. The minimum Gasteiger partial charge on any atom is -0.449 e. The van der Waals surface area contributed by atoms with Gasteiger partial charge in [-0.3, -0.25) is 19.2 Å². The Bertz CT molecular complexity index is 1780. The lowest BCUT2D eigenvalue weighted by molar-refractivity contribution is -0.134. The van der Waals surface area contributed by atoms with Gasteiger partial charge in [-0.1, -0.05) is 86.6 Å². The predicted octanol–water partition coefficient (Wildman–Crippen LogP) is 4.67. The van der Waals surface area contributed by atoms with Crippen LogP contribution in [0.4, 0.5) is 9.59 Å². The van der Waals surface area contributed by atoms with Gasteiger partial charge < -0.3 is 36.8 Å². The molecule has 0 fully saturated rings. The van der Waals surface area contributed by atoms with E-state index in [4.69, 9.17) is 10.5 Å². The first-order valence-electron chi connectivity index (χ1n) is 19.3. The average Bonchev–Trinajstić information content (AvgIpc) is 3.49. The van der Waals surface area contributed by atoms with E-state index in [0.717, 1.165) is 22.3 Å². The number of ether oxygens (including phenoxy) is 1. The molecule has 1 aliphatic rings. The third-order valence-electron chi connectivity index (χ3n) is 10.1. The van der Waals surface area contributed by atoms with Gasteiger partial charge in [-0.15, -0.1) is 0 Å². The minimum absolute atomic E-state index is 0.0337. The zero-order valence-electron chi connectivity index (χ0n) is 32.5. The Morgan fingerprint density at radius 1 is 0.732 bits per heavy atom. The first-order chi connectivity index (χ1) is 26.9.